The summed E-state index contributed by atoms with van der Waals surface area (Å²) in [6.45, 7) is 4.19. The van der Waals surface area contributed by atoms with Gasteiger partial charge in [0.2, 0.25) is 0 Å². The molecule has 0 heterocycles. The van der Waals surface area contributed by atoms with Gasteiger partial charge in [0.1, 0.15) is 11.5 Å². The Kier molecular flexibility index (Phi) is 4.24. The van der Waals surface area contributed by atoms with Gasteiger partial charge in [-0.25, -0.2) is 0 Å². The van der Waals surface area contributed by atoms with E-state index >= 15 is 0 Å². The Morgan fingerprint density at radius 2 is 1.87 bits per heavy atom. The highest BCUT2D eigenvalue weighted by atomic mass is 35.7. The van der Waals surface area contributed by atoms with Crippen molar-refractivity contribution < 1.29 is 9.47 Å². The first kappa shape index (κ1) is 12.6. The minimum atomic E-state index is -0.0958. The number of hydrogen-bond acceptors (Lipinski definition) is 2. The van der Waals surface area contributed by atoms with Crippen molar-refractivity contribution in [2.24, 2.45) is 0 Å². The molecule has 0 spiro atoms. The lowest BCUT2D eigenvalue weighted by Gasteiger charge is -2.24. The molecule has 0 aliphatic heterocycles. The van der Waals surface area contributed by atoms with E-state index in [2.05, 4.69) is 13.8 Å². The molecule has 0 amide bonds. The summed E-state index contributed by atoms with van der Waals surface area (Å²) in [5.41, 5.74) is 1.08. The average Bonchev–Trinajstić information content (AvgIpc) is 2.28. The first-order chi connectivity index (χ1) is 7.05. The second-order valence-electron chi connectivity index (χ2n) is 3.79. The van der Waals surface area contributed by atoms with Gasteiger partial charge in [-0.15, -0.1) is 0 Å². The molecule has 0 aliphatic rings. The van der Waals surface area contributed by atoms with Crippen molar-refractivity contribution in [1.82, 2.24) is 0 Å². The van der Waals surface area contributed by atoms with E-state index < -0.39 is 0 Å². The van der Waals surface area contributed by atoms with Gasteiger partial charge in [-0.05, 0) is 26.1 Å². The summed E-state index contributed by atoms with van der Waals surface area (Å²) in [5, 5.41) is -0.0958. The molecular formula is C11H16ClO2P. The fourth-order valence-electron chi connectivity index (χ4n) is 1.35. The molecule has 0 fully saturated rings. The summed E-state index contributed by atoms with van der Waals surface area (Å²) in [6.07, 6.45) is 0. The molecular weight excluding hydrogens is 231 g/mol. The van der Waals surface area contributed by atoms with Crippen molar-refractivity contribution in [1.29, 1.82) is 0 Å². The monoisotopic (exact) mass is 246 g/mol. The van der Waals surface area contributed by atoms with Crippen molar-refractivity contribution >= 4 is 19.2 Å². The van der Waals surface area contributed by atoms with Crippen LogP contribution in [0.5, 0.6) is 11.5 Å². The minimum absolute atomic E-state index is 0.0958. The third kappa shape index (κ3) is 2.76. The van der Waals surface area contributed by atoms with Gasteiger partial charge in [0.15, 0.2) is 0 Å². The van der Waals surface area contributed by atoms with E-state index in [4.69, 9.17) is 20.7 Å². The van der Waals surface area contributed by atoms with Crippen LogP contribution in [0.4, 0.5) is 0 Å². The molecule has 0 bridgehead atoms. The molecule has 0 radical (unpaired) electrons. The normalized spacial score (nSPS) is 12.1. The summed E-state index contributed by atoms with van der Waals surface area (Å²) in [5.74, 6) is 1.68. The van der Waals surface area contributed by atoms with E-state index in [1.54, 1.807) is 14.2 Å². The zero-order valence-electron chi connectivity index (χ0n) is 9.43. The van der Waals surface area contributed by atoms with Gasteiger partial charge in [-0.3, -0.25) is 0 Å². The molecule has 2 nitrogen and oxygen atoms in total. The molecule has 15 heavy (non-hydrogen) atoms. The Bertz CT molecular complexity index is 339. The van der Waals surface area contributed by atoms with Crippen LogP contribution in [0.1, 0.15) is 19.4 Å². The quantitative estimate of drug-likeness (QED) is 0.753. The Hall–Kier alpha value is -0.460. The zero-order valence-corrected chi connectivity index (χ0v) is 11.2. The summed E-state index contributed by atoms with van der Waals surface area (Å²) >= 11 is 5.98. The predicted molar refractivity (Wildman–Crippen MR) is 66.7 cm³/mol. The highest BCUT2D eigenvalue weighted by Gasteiger charge is 2.24. The first-order valence-electron chi connectivity index (χ1n) is 4.65. The lowest BCUT2D eigenvalue weighted by molar-refractivity contribution is 0.395. The van der Waals surface area contributed by atoms with Gasteiger partial charge in [-0.2, -0.15) is 0 Å². The fourth-order valence-corrected chi connectivity index (χ4v) is 1.96. The smallest absolute Gasteiger partial charge is 0.123 e. The lowest BCUT2D eigenvalue weighted by Crippen LogP contribution is -2.10. The molecule has 1 unspecified atom stereocenters. The van der Waals surface area contributed by atoms with Crippen LogP contribution in [0.2, 0.25) is 0 Å². The highest BCUT2D eigenvalue weighted by Crippen LogP contribution is 2.48. The van der Waals surface area contributed by atoms with Crippen LogP contribution >= 0.6 is 19.2 Å². The molecule has 0 N–H and O–H groups in total. The van der Waals surface area contributed by atoms with E-state index in [0.717, 1.165) is 17.1 Å². The van der Waals surface area contributed by atoms with Gasteiger partial charge < -0.3 is 9.47 Å². The van der Waals surface area contributed by atoms with E-state index in [1.165, 1.54) is 0 Å². The summed E-state index contributed by atoms with van der Waals surface area (Å²) in [7, 11) is 3.62. The molecule has 1 rings (SSSR count). The molecule has 0 aromatic heterocycles. The first-order valence-corrected chi connectivity index (χ1v) is 6.66. The Morgan fingerprint density at radius 3 is 2.33 bits per heavy atom. The minimum Gasteiger partial charge on any atom is -0.497 e. The van der Waals surface area contributed by atoms with E-state index in [1.807, 2.05) is 18.2 Å². The van der Waals surface area contributed by atoms with Crippen molar-refractivity contribution in [2.75, 3.05) is 14.2 Å². The van der Waals surface area contributed by atoms with Gasteiger partial charge >= 0.3 is 0 Å². The standard InChI is InChI=1S/C11H16ClO2P/c1-11(2,15-12)9-7-8(13-3)5-6-10(9)14-4/h5-7,15H,1-4H3. The molecule has 0 saturated heterocycles. The number of ether oxygens (including phenoxy) is 2. The maximum atomic E-state index is 5.98. The van der Waals surface area contributed by atoms with E-state index in [0.29, 0.717) is 7.93 Å². The Balaban J connectivity index is 3.23. The van der Waals surface area contributed by atoms with Gasteiger partial charge in [0.25, 0.3) is 0 Å². The van der Waals surface area contributed by atoms with Crippen LogP contribution < -0.4 is 9.47 Å². The van der Waals surface area contributed by atoms with Crippen LogP contribution in [0.25, 0.3) is 0 Å². The largest absolute Gasteiger partial charge is 0.497 e. The van der Waals surface area contributed by atoms with E-state index in [9.17, 15) is 0 Å². The number of rotatable bonds is 4. The van der Waals surface area contributed by atoms with Crippen LogP contribution in [-0.2, 0) is 5.16 Å². The number of benzene rings is 1. The van der Waals surface area contributed by atoms with E-state index in [-0.39, 0.29) is 5.16 Å². The van der Waals surface area contributed by atoms with Crippen molar-refractivity contribution in [3.8, 4) is 11.5 Å². The van der Waals surface area contributed by atoms with Crippen molar-refractivity contribution in [2.45, 2.75) is 19.0 Å². The van der Waals surface area contributed by atoms with Crippen LogP contribution in [-0.4, -0.2) is 14.2 Å². The van der Waals surface area contributed by atoms with Crippen molar-refractivity contribution in [3.05, 3.63) is 23.8 Å². The zero-order chi connectivity index (χ0) is 11.5. The van der Waals surface area contributed by atoms with Gasteiger partial charge in [0, 0.05) is 10.7 Å². The second-order valence-corrected chi connectivity index (χ2v) is 5.79. The lowest BCUT2D eigenvalue weighted by atomic mass is 10.0. The number of methoxy groups -OCH3 is 2. The van der Waals surface area contributed by atoms with Gasteiger partial charge in [-0.1, -0.05) is 25.1 Å². The maximum absolute atomic E-state index is 5.98. The summed E-state index contributed by atoms with van der Waals surface area (Å²) in [6, 6.07) is 5.77. The molecule has 1 atom stereocenters. The van der Waals surface area contributed by atoms with Crippen molar-refractivity contribution in [3.63, 3.8) is 0 Å². The summed E-state index contributed by atoms with van der Waals surface area (Å²) in [4.78, 5) is 0. The molecule has 0 aliphatic carbocycles. The third-order valence-electron chi connectivity index (χ3n) is 2.32. The maximum Gasteiger partial charge on any atom is 0.123 e. The summed E-state index contributed by atoms with van der Waals surface area (Å²) < 4.78 is 10.5. The van der Waals surface area contributed by atoms with Crippen LogP contribution in [0.15, 0.2) is 18.2 Å². The highest BCUT2D eigenvalue weighted by molar-refractivity contribution is 7.69. The predicted octanol–water partition coefficient (Wildman–Crippen LogP) is 3.77. The molecule has 0 saturated carbocycles. The molecule has 1 aromatic carbocycles. The molecule has 84 valence electrons. The Labute approximate surface area is 97.5 Å². The average molecular weight is 247 g/mol. The molecule has 4 heteroatoms. The fraction of sp³-hybridized carbons (Fsp3) is 0.455. The van der Waals surface area contributed by atoms with Crippen LogP contribution in [0, 0.1) is 0 Å². The van der Waals surface area contributed by atoms with Gasteiger partial charge in [0.05, 0.1) is 14.2 Å². The number of hydrogen-bond donors (Lipinski definition) is 0. The topological polar surface area (TPSA) is 18.5 Å². The second kappa shape index (κ2) is 5.05. The number of halogens is 1. The van der Waals surface area contributed by atoms with Crippen LogP contribution in [0.3, 0.4) is 0 Å². The SMILES string of the molecule is COc1ccc(OC)c(C(C)(C)PCl)c1. The molecule has 1 aromatic rings. The third-order valence-corrected chi connectivity index (χ3v) is 4.48. The Morgan fingerprint density at radius 1 is 1.20 bits per heavy atom.